The van der Waals surface area contributed by atoms with Gasteiger partial charge in [0.15, 0.2) is 0 Å². The van der Waals surface area contributed by atoms with Crippen molar-refractivity contribution in [3.8, 4) is 0 Å². The van der Waals surface area contributed by atoms with Gasteiger partial charge in [0.05, 0.1) is 13.2 Å². The quantitative estimate of drug-likeness (QED) is 0.539. The Morgan fingerprint density at radius 2 is 2.17 bits per heavy atom. The van der Waals surface area contributed by atoms with Crippen molar-refractivity contribution in [2.24, 2.45) is 0 Å². The first-order chi connectivity index (χ1) is 8.70. The second kappa shape index (κ2) is 8.11. The fourth-order valence-electron chi connectivity index (χ4n) is 2.17. The van der Waals surface area contributed by atoms with E-state index in [4.69, 9.17) is 4.74 Å². The average Bonchev–Trinajstić information content (AvgIpc) is 2.63. The van der Waals surface area contributed by atoms with Gasteiger partial charge in [0.1, 0.15) is 0 Å². The summed E-state index contributed by atoms with van der Waals surface area (Å²) in [5, 5.41) is 3.42. The van der Waals surface area contributed by atoms with Gasteiger partial charge < -0.3 is 14.6 Å². The Labute approximate surface area is 111 Å². The zero-order chi connectivity index (χ0) is 13.4. The van der Waals surface area contributed by atoms with Crippen molar-refractivity contribution >= 4 is 0 Å². The van der Waals surface area contributed by atoms with Crippen LogP contribution in [0.4, 0.5) is 0 Å². The molecule has 1 heterocycles. The molecule has 0 saturated heterocycles. The second-order valence-electron chi connectivity index (χ2n) is 4.51. The largest absolute Gasteiger partial charge is 0.380 e. The monoisotopic (exact) mass is 250 g/mol. The van der Waals surface area contributed by atoms with Crippen molar-refractivity contribution in [3.63, 3.8) is 0 Å². The number of aromatic nitrogens is 1. The van der Waals surface area contributed by atoms with Crippen LogP contribution in [0.25, 0.3) is 0 Å². The molecule has 1 rings (SSSR count). The molecule has 0 aliphatic carbocycles. The lowest BCUT2D eigenvalue weighted by Crippen LogP contribution is -2.19. The summed E-state index contributed by atoms with van der Waals surface area (Å²) < 4.78 is 7.80. The first-order valence-electron chi connectivity index (χ1n) is 6.75. The minimum absolute atomic E-state index is 0.764. The minimum Gasteiger partial charge on any atom is -0.380 e. The topological polar surface area (TPSA) is 26.2 Å². The van der Waals surface area contributed by atoms with E-state index < -0.39 is 0 Å². The summed E-state index contributed by atoms with van der Waals surface area (Å²) >= 11 is 0. The van der Waals surface area contributed by atoms with Crippen molar-refractivity contribution in [3.05, 3.63) is 35.7 Å². The molecule has 0 aromatic carbocycles. The lowest BCUT2D eigenvalue weighted by Gasteiger charge is -2.07. The molecule has 18 heavy (non-hydrogen) atoms. The molecule has 0 aliphatic rings. The van der Waals surface area contributed by atoms with Gasteiger partial charge in [0.2, 0.25) is 0 Å². The first kappa shape index (κ1) is 15.0. The van der Waals surface area contributed by atoms with E-state index in [0.717, 1.165) is 39.3 Å². The third kappa shape index (κ3) is 4.31. The van der Waals surface area contributed by atoms with E-state index in [2.05, 4.69) is 43.3 Å². The third-order valence-electron chi connectivity index (χ3n) is 3.20. The lowest BCUT2D eigenvalue weighted by atomic mass is 10.2. The van der Waals surface area contributed by atoms with E-state index in [-0.39, 0.29) is 0 Å². The van der Waals surface area contributed by atoms with Crippen LogP contribution in [0.3, 0.4) is 0 Å². The fraction of sp³-hybridized carbons (Fsp3) is 0.600. The summed E-state index contributed by atoms with van der Waals surface area (Å²) in [7, 11) is 0. The van der Waals surface area contributed by atoms with E-state index >= 15 is 0 Å². The number of nitrogens with one attached hydrogen (secondary N) is 1. The summed E-state index contributed by atoms with van der Waals surface area (Å²) in [6.07, 6.45) is 2.81. The summed E-state index contributed by atoms with van der Waals surface area (Å²) in [5.74, 6) is 0. The Balaban J connectivity index is 2.25. The summed E-state index contributed by atoms with van der Waals surface area (Å²) in [4.78, 5) is 0. The molecule has 0 amide bonds. The van der Waals surface area contributed by atoms with E-state index in [0.29, 0.717) is 0 Å². The molecule has 3 heteroatoms. The third-order valence-corrected chi connectivity index (χ3v) is 3.20. The maximum Gasteiger partial charge on any atom is 0.0591 e. The Kier molecular flexibility index (Phi) is 6.76. The second-order valence-corrected chi connectivity index (χ2v) is 4.51. The van der Waals surface area contributed by atoms with E-state index in [9.17, 15) is 0 Å². The van der Waals surface area contributed by atoms with Crippen LogP contribution in [0.1, 0.15) is 30.3 Å². The van der Waals surface area contributed by atoms with Crippen LogP contribution in [0.2, 0.25) is 0 Å². The van der Waals surface area contributed by atoms with Crippen LogP contribution < -0.4 is 5.32 Å². The van der Waals surface area contributed by atoms with Crippen LogP contribution in [0, 0.1) is 13.8 Å². The number of nitrogens with zero attached hydrogens (tertiary/aromatic N) is 1. The van der Waals surface area contributed by atoms with Gasteiger partial charge in [-0.15, -0.1) is 6.58 Å². The normalized spacial score (nSPS) is 10.8. The molecule has 0 spiro atoms. The number of aryl methyl sites for hydroxylation is 1. The average molecular weight is 250 g/mol. The van der Waals surface area contributed by atoms with Gasteiger partial charge in [-0.2, -0.15) is 0 Å². The summed E-state index contributed by atoms with van der Waals surface area (Å²) in [5.41, 5.74) is 4.10. The molecule has 0 atom stereocenters. The Morgan fingerprint density at radius 3 is 2.78 bits per heavy atom. The predicted molar refractivity (Wildman–Crippen MR) is 76.9 cm³/mol. The fourth-order valence-corrected chi connectivity index (χ4v) is 2.17. The van der Waals surface area contributed by atoms with Crippen molar-refractivity contribution in [2.45, 2.75) is 40.3 Å². The molecule has 0 aliphatic heterocycles. The SMILES string of the molecule is C=CCCOCCNCc1cc(C)n(CC)c1C. The number of hydrogen-bond acceptors (Lipinski definition) is 2. The maximum absolute atomic E-state index is 5.45. The van der Waals surface area contributed by atoms with E-state index in [1.165, 1.54) is 17.0 Å². The lowest BCUT2D eigenvalue weighted by molar-refractivity contribution is 0.140. The first-order valence-corrected chi connectivity index (χ1v) is 6.75. The Hall–Kier alpha value is -1.06. The summed E-state index contributed by atoms with van der Waals surface area (Å²) in [6.45, 7) is 14.6. The van der Waals surface area contributed by atoms with Crippen LogP contribution in [0.15, 0.2) is 18.7 Å². The molecule has 102 valence electrons. The van der Waals surface area contributed by atoms with Crippen molar-refractivity contribution < 1.29 is 4.74 Å². The van der Waals surface area contributed by atoms with Gasteiger partial charge in [-0.25, -0.2) is 0 Å². The van der Waals surface area contributed by atoms with Gasteiger partial charge in [-0.1, -0.05) is 6.08 Å². The number of rotatable bonds is 9. The molecule has 0 bridgehead atoms. The van der Waals surface area contributed by atoms with E-state index in [1.54, 1.807) is 0 Å². The van der Waals surface area contributed by atoms with Crippen LogP contribution in [-0.2, 0) is 17.8 Å². The molecule has 0 saturated carbocycles. The van der Waals surface area contributed by atoms with Crippen LogP contribution in [0.5, 0.6) is 0 Å². The van der Waals surface area contributed by atoms with Crippen LogP contribution in [-0.4, -0.2) is 24.3 Å². The Morgan fingerprint density at radius 1 is 1.39 bits per heavy atom. The number of ether oxygens (including phenoxy) is 1. The van der Waals surface area contributed by atoms with Crippen molar-refractivity contribution in [1.29, 1.82) is 0 Å². The highest BCUT2D eigenvalue weighted by molar-refractivity contribution is 5.26. The van der Waals surface area contributed by atoms with Gasteiger partial charge in [-0.05, 0) is 38.8 Å². The minimum atomic E-state index is 0.764. The molecular formula is C15H26N2O. The zero-order valence-electron chi connectivity index (χ0n) is 12.0. The van der Waals surface area contributed by atoms with Crippen LogP contribution >= 0.6 is 0 Å². The van der Waals surface area contributed by atoms with Crippen molar-refractivity contribution in [1.82, 2.24) is 9.88 Å². The van der Waals surface area contributed by atoms with Gasteiger partial charge >= 0.3 is 0 Å². The summed E-state index contributed by atoms with van der Waals surface area (Å²) in [6, 6.07) is 2.27. The number of hydrogen-bond donors (Lipinski definition) is 1. The molecule has 1 N–H and O–H groups in total. The highest BCUT2D eigenvalue weighted by Gasteiger charge is 2.06. The molecule has 1 aromatic heterocycles. The molecular weight excluding hydrogens is 224 g/mol. The molecule has 0 unspecified atom stereocenters. The highest BCUT2D eigenvalue weighted by Crippen LogP contribution is 2.14. The van der Waals surface area contributed by atoms with E-state index in [1.807, 2.05) is 6.08 Å². The van der Waals surface area contributed by atoms with Gasteiger partial charge in [0.25, 0.3) is 0 Å². The zero-order valence-corrected chi connectivity index (χ0v) is 12.0. The molecule has 0 radical (unpaired) electrons. The molecule has 0 fully saturated rings. The van der Waals surface area contributed by atoms with Crippen molar-refractivity contribution in [2.75, 3.05) is 19.8 Å². The van der Waals surface area contributed by atoms with Gasteiger partial charge in [-0.3, -0.25) is 0 Å². The molecule has 3 nitrogen and oxygen atoms in total. The van der Waals surface area contributed by atoms with Gasteiger partial charge in [0, 0.05) is 31.0 Å². The Bertz CT molecular complexity index is 369. The standard InChI is InChI=1S/C15H26N2O/c1-5-7-9-18-10-8-16-12-15-11-13(3)17(6-2)14(15)4/h5,11,16H,1,6-10,12H2,2-4H3. The molecule has 1 aromatic rings. The smallest absolute Gasteiger partial charge is 0.0591 e. The highest BCUT2D eigenvalue weighted by atomic mass is 16.5. The maximum atomic E-state index is 5.45. The predicted octanol–water partition coefficient (Wildman–Crippen LogP) is 2.81.